The van der Waals surface area contributed by atoms with Crippen LogP contribution < -0.4 is 5.32 Å². The van der Waals surface area contributed by atoms with Gasteiger partial charge in [0.2, 0.25) is 0 Å². The highest BCUT2D eigenvalue weighted by molar-refractivity contribution is 14.0. The second kappa shape index (κ2) is 14.1. The largest absolute Gasteiger partial charge is 0.389 e. The molecule has 0 radical (unpaired) electrons. The molecule has 2 rings (SSSR count). The highest BCUT2D eigenvalue weighted by Gasteiger charge is 2.20. The molecule has 1 heterocycles. The maximum absolute atomic E-state index is 10.2. The molecule has 1 aromatic rings. The van der Waals surface area contributed by atoms with Crippen molar-refractivity contribution in [2.75, 3.05) is 52.4 Å². The van der Waals surface area contributed by atoms with E-state index in [0.717, 1.165) is 50.8 Å². The monoisotopic (exact) mass is 504 g/mol. The molecule has 6 nitrogen and oxygen atoms in total. The molecule has 1 atom stereocenters. The number of aliphatic imine (C=N–C) groups is 1. The molecule has 28 heavy (non-hydrogen) atoms. The van der Waals surface area contributed by atoms with E-state index in [0.29, 0.717) is 25.7 Å². The van der Waals surface area contributed by atoms with Gasteiger partial charge in [0.15, 0.2) is 5.96 Å². The SMILES string of the molecule is CCNC(=NCC(O)COCc1ccccc1)N1CCN(CC(C)C)CC1.I. The van der Waals surface area contributed by atoms with Crippen molar-refractivity contribution >= 4 is 29.9 Å². The molecule has 1 aliphatic heterocycles. The predicted molar refractivity (Wildman–Crippen MR) is 126 cm³/mol. The zero-order valence-corrected chi connectivity index (χ0v) is 19.8. The van der Waals surface area contributed by atoms with Gasteiger partial charge < -0.3 is 20.1 Å². The number of nitrogens with zero attached hydrogens (tertiary/aromatic N) is 3. The zero-order chi connectivity index (χ0) is 19.5. The van der Waals surface area contributed by atoms with Gasteiger partial charge in [-0.15, -0.1) is 24.0 Å². The molecule has 1 saturated heterocycles. The Morgan fingerprint density at radius 1 is 1.18 bits per heavy atom. The van der Waals surface area contributed by atoms with Crippen LogP contribution in [0.15, 0.2) is 35.3 Å². The fourth-order valence-electron chi connectivity index (χ4n) is 3.22. The summed E-state index contributed by atoms with van der Waals surface area (Å²) in [6.07, 6.45) is -0.593. The van der Waals surface area contributed by atoms with Gasteiger partial charge in [-0.25, -0.2) is 0 Å². The summed E-state index contributed by atoms with van der Waals surface area (Å²) in [5.41, 5.74) is 1.11. The van der Waals surface area contributed by atoms with Crippen molar-refractivity contribution in [3.63, 3.8) is 0 Å². The van der Waals surface area contributed by atoms with Gasteiger partial charge >= 0.3 is 0 Å². The highest BCUT2D eigenvalue weighted by atomic mass is 127. The summed E-state index contributed by atoms with van der Waals surface area (Å²) in [6.45, 7) is 13.8. The average molecular weight is 504 g/mol. The third-order valence-corrected chi connectivity index (χ3v) is 4.50. The Hall–Kier alpha value is -0.900. The van der Waals surface area contributed by atoms with Crippen molar-refractivity contribution in [1.29, 1.82) is 0 Å². The van der Waals surface area contributed by atoms with Gasteiger partial charge in [-0.3, -0.25) is 9.89 Å². The second-order valence-corrected chi connectivity index (χ2v) is 7.53. The predicted octanol–water partition coefficient (Wildman–Crippen LogP) is 2.42. The smallest absolute Gasteiger partial charge is 0.194 e. The van der Waals surface area contributed by atoms with Gasteiger partial charge in [0.1, 0.15) is 0 Å². The maximum Gasteiger partial charge on any atom is 0.194 e. The molecule has 1 fully saturated rings. The number of aliphatic hydroxyl groups excluding tert-OH is 1. The van der Waals surface area contributed by atoms with Gasteiger partial charge in [0.05, 0.1) is 25.9 Å². The minimum Gasteiger partial charge on any atom is -0.389 e. The lowest BCUT2D eigenvalue weighted by Gasteiger charge is -2.37. The molecule has 160 valence electrons. The van der Waals surface area contributed by atoms with Crippen LogP contribution in [0.4, 0.5) is 0 Å². The van der Waals surface area contributed by atoms with Gasteiger partial charge in [-0.1, -0.05) is 44.2 Å². The molecule has 0 spiro atoms. The molecular formula is C21H37IN4O2. The third-order valence-electron chi connectivity index (χ3n) is 4.50. The first-order chi connectivity index (χ1) is 13.1. The van der Waals surface area contributed by atoms with Crippen molar-refractivity contribution in [3.05, 3.63) is 35.9 Å². The fraction of sp³-hybridized carbons (Fsp3) is 0.667. The molecule has 0 bridgehead atoms. The van der Waals surface area contributed by atoms with Crippen LogP contribution in [0.25, 0.3) is 0 Å². The van der Waals surface area contributed by atoms with E-state index in [4.69, 9.17) is 4.74 Å². The van der Waals surface area contributed by atoms with Crippen LogP contribution in [0, 0.1) is 5.92 Å². The number of aliphatic hydroxyl groups is 1. The summed E-state index contributed by atoms with van der Waals surface area (Å²) in [5, 5.41) is 13.5. The molecule has 1 aromatic carbocycles. The van der Waals surface area contributed by atoms with Crippen molar-refractivity contribution < 1.29 is 9.84 Å². The Labute approximate surface area is 187 Å². The van der Waals surface area contributed by atoms with Crippen LogP contribution in [-0.4, -0.2) is 79.4 Å². The maximum atomic E-state index is 10.2. The number of piperazine rings is 1. The third kappa shape index (κ3) is 9.54. The standard InChI is InChI=1S/C21H36N4O2.HI/c1-4-22-21(25-12-10-24(11-13-25)15-18(2)3)23-14-20(26)17-27-16-19-8-6-5-7-9-19;/h5-9,18,20,26H,4,10-17H2,1-3H3,(H,22,23);1H. The van der Waals surface area contributed by atoms with E-state index in [1.165, 1.54) is 0 Å². The summed E-state index contributed by atoms with van der Waals surface area (Å²) in [7, 11) is 0. The number of hydrogen-bond donors (Lipinski definition) is 2. The number of nitrogens with one attached hydrogen (secondary N) is 1. The molecular weight excluding hydrogens is 467 g/mol. The lowest BCUT2D eigenvalue weighted by atomic mass is 10.2. The number of guanidine groups is 1. The van der Waals surface area contributed by atoms with E-state index in [1.807, 2.05) is 30.3 Å². The van der Waals surface area contributed by atoms with Crippen LogP contribution in [-0.2, 0) is 11.3 Å². The molecule has 1 aliphatic rings. The molecule has 7 heteroatoms. The highest BCUT2D eigenvalue weighted by Crippen LogP contribution is 2.06. The minimum atomic E-state index is -0.593. The minimum absolute atomic E-state index is 0. The van der Waals surface area contributed by atoms with E-state index < -0.39 is 6.10 Å². The first-order valence-electron chi connectivity index (χ1n) is 10.1. The van der Waals surface area contributed by atoms with E-state index >= 15 is 0 Å². The van der Waals surface area contributed by atoms with Crippen LogP contribution in [0.1, 0.15) is 26.3 Å². The second-order valence-electron chi connectivity index (χ2n) is 7.53. The Morgan fingerprint density at radius 2 is 1.86 bits per heavy atom. The van der Waals surface area contributed by atoms with Crippen molar-refractivity contribution in [1.82, 2.24) is 15.1 Å². The number of rotatable bonds is 9. The zero-order valence-electron chi connectivity index (χ0n) is 17.5. The number of hydrogen-bond acceptors (Lipinski definition) is 4. The van der Waals surface area contributed by atoms with E-state index in [1.54, 1.807) is 0 Å². The van der Waals surface area contributed by atoms with Gasteiger partial charge in [-0.2, -0.15) is 0 Å². The fourth-order valence-corrected chi connectivity index (χ4v) is 3.22. The van der Waals surface area contributed by atoms with Crippen molar-refractivity contribution in [3.8, 4) is 0 Å². The lowest BCUT2D eigenvalue weighted by Crippen LogP contribution is -2.53. The van der Waals surface area contributed by atoms with Crippen LogP contribution in [0.5, 0.6) is 0 Å². The molecule has 0 aliphatic carbocycles. The lowest BCUT2D eigenvalue weighted by molar-refractivity contribution is 0.0329. The van der Waals surface area contributed by atoms with Gasteiger partial charge in [0, 0.05) is 39.3 Å². The average Bonchev–Trinajstić information content (AvgIpc) is 2.66. The van der Waals surface area contributed by atoms with E-state index in [9.17, 15) is 5.11 Å². The Kier molecular flexibility index (Phi) is 12.7. The first kappa shape index (κ1) is 25.1. The summed E-state index contributed by atoms with van der Waals surface area (Å²) in [5.74, 6) is 1.59. The summed E-state index contributed by atoms with van der Waals surface area (Å²) >= 11 is 0. The molecule has 1 unspecified atom stereocenters. The normalized spacial score (nSPS) is 16.8. The Balaban J connectivity index is 0.00000392. The molecule has 0 saturated carbocycles. The van der Waals surface area contributed by atoms with Crippen LogP contribution in [0.2, 0.25) is 0 Å². The topological polar surface area (TPSA) is 60.3 Å². The summed E-state index contributed by atoms with van der Waals surface area (Å²) < 4.78 is 5.61. The first-order valence-corrected chi connectivity index (χ1v) is 10.1. The van der Waals surface area contributed by atoms with Crippen molar-refractivity contribution in [2.24, 2.45) is 10.9 Å². The van der Waals surface area contributed by atoms with E-state index in [2.05, 4.69) is 40.9 Å². The van der Waals surface area contributed by atoms with Crippen LogP contribution >= 0.6 is 24.0 Å². The Morgan fingerprint density at radius 3 is 2.46 bits per heavy atom. The quantitative estimate of drug-likeness (QED) is 0.308. The summed E-state index contributed by atoms with van der Waals surface area (Å²) in [6, 6.07) is 10.0. The summed E-state index contributed by atoms with van der Waals surface area (Å²) in [4.78, 5) is 9.43. The van der Waals surface area contributed by atoms with Gasteiger partial charge in [0.25, 0.3) is 0 Å². The molecule has 2 N–H and O–H groups in total. The van der Waals surface area contributed by atoms with Crippen molar-refractivity contribution in [2.45, 2.75) is 33.5 Å². The number of halogens is 1. The molecule has 0 aromatic heterocycles. The number of ether oxygens (including phenoxy) is 1. The number of benzene rings is 1. The molecule has 0 amide bonds. The van der Waals surface area contributed by atoms with Crippen LogP contribution in [0.3, 0.4) is 0 Å². The van der Waals surface area contributed by atoms with E-state index in [-0.39, 0.29) is 24.0 Å². The Bertz CT molecular complexity index is 549. The van der Waals surface area contributed by atoms with Gasteiger partial charge in [-0.05, 0) is 18.4 Å².